The van der Waals surface area contributed by atoms with Gasteiger partial charge in [0.25, 0.3) is 10.0 Å². The number of carbonyl (C=O) groups is 2. The first-order chi connectivity index (χ1) is 11.8. The maximum absolute atomic E-state index is 12.1. The molecule has 0 heterocycles. The molecule has 0 aliphatic carbocycles. The SMILES string of the molecule is CCN(CC)N=Nc1ccc(S(=O)(=O)NC(=O)CCC(=O)OC)cc1. The number of nitrogens with one attached hydrogen (secondary N) is 1. The summed E-state index contributed by atoms with van der Waals surface area (Å²) >= 11 is 0. The van der Waals surface area contributed by atoms with Crippen LogP contribution in [0.1, 0.15) is 26.7 Å². The molecule has 1 aromatic rings. The highest BCUT2D eigenvalue weighted by atomic mass is 32.2. The zero-order chi connectivity index (χ0) is 18.9. The molecule has 1 aromatic carbocycles. The van der Waals surface area contributed by atoms with Gasteiger partial charge in [0.15, 0.2) is 0 Å². The third-order valence-corrected chi connectivity index (χ3v) is 4.58. The second-order valence-corrected chi connectivity index (χ2v) is 6.61. The zero-order valence-electron chi connectivity index (χ0n) is 14.4. The van der Waals surface area contributed by atoms with E-state index in [1.54, 1.807) is 5.01 Å². The van der Waals surface area contributed by atoms with E-state index in [1.807, 2.05) is 18.6 Å². The van der Waals surface area contributed by atoms with E-state index < -0.39 is 21.9 Å². The van der Waals surface area contributed by atoms with Crippen LogP contribution in [0, 0.1) is 0 Å². The van der Waals surface area contributed by atoms with E-state index in [0.717, 1.165) is 0 Å². The van der Waals surface area contributed by atoms with Gasteiger partial charge in [-0.3, -0.25) is 14.6 Å². The Bertz CT molecular complexity index is 712. The molecule has 25 heavy (non-hydrogen) atoms. The van der Waals surface area contributed by atoms with Crippen molar-refractivity contribution in [3.8, 4) is 0 Å². The van der Waals surface area contributed by atoms with Crippen LogP contribution >= 0.6 is 0 Å². The summed E-state index contributed by atoms with van der Waals surface area (Å²) in [7, 11) is -2.82. The maximum Gasteiger partial charge on any atom is 0.306 e. The molecule has 0 unspecified atom stereocenters. The molecule has 9 nitrogen and oxygen atoms in total. The highest BCUT2D eigenvalue weighted by Crippen LogP contribution is 2.17. The van der Waals surface area contributed by atoms with Crippen LogP contribution in [0.15, 0.2) is 39.5 Å². The summed E-state index contributed by atoms with van der Waals surface area (Å²) in [6, 6.07) is 5.62. The molecular formula is C15H22N4O5S. The van der Waals surface area contributed by atoms with Crippen LogP contribution in [0.5, 0.6) is 0 Å². The third-order valence-electron chi connectivity index (χ3n) is 3.20. The zero-order valence-corrected chi connectivity index (χ0v) is 15.2. The molecule has 0 saturated carbocycles. The monoisotopic (exact) mass is 370 g/mol. The van der Waals surface area contributed by atoms with Crippen LogP contribution < -0.4 is 4.72 Å². The van der Waals surface area contributed by atoms with Gasteiger partial charge in [-0.2, -0.15) is 0 Å². The lowest BCUT2D eigenvalue weighted by Crippen LogP contribution is -2.30. The third kappa shape index (κ3) is 6.87. The first kappa shape index (κ1) is 20.6. The summed E-state index contributed by atoms with van der Waals surface area (Å²) in [4.78, 5) is 22.5. The first-order valence-electron chi connectivity index (χ1n) is 7.71. The van der Waals surface area contributed by atoms with Gasteiger partial charge in [0.1, 0.15) is 0 Å². The fourth-order valence-corrected chi connectivity index (χ4v) is 2.75. The van der Waals surface area contributed by atoms with E-state index in [9.17, 15) is 18.0 Å². The largest absolute Gasteiger partial charge is 0.469 e. The molecule has 0 radical (unpaired) electrons. The molecule has 1 rings (SSSR count). The lowest BCUT2D eigenvalue weighted by molar-refractivity contribution is -0.142. The summed E-state index contributed by atoms with van der Waals surface area (Å²) in [6.45, 7) is 5.32. The number of hydrogen-bond donors (Lipinski definition) is 1. The van der Waals surface area contributed by atoms with Crippen molar-refractivity contribution in [2.75, 3.05) is 20.2 Å². The standard InChI is InChI=1S/C15H22N4O5S/c1-4-19(5-2)18-16-12-6-8-13(9-7-12)25(22,23)17-14(20)10-11-15(21)24-3/h6-9H,4-5,10-11H2,1-3H3,(H,17,20). The van der Waals surface area contributed by atoms with Crippen molar-refractivity contribution in [3.63, 3.8) is 0 Å². The van der Waals surface area contributed by atoms with E-state index in [0.29, 0.717) is 18.8 Å². The van der Waals surface area contributed by atoms with E-state index >= 15 is 0 Å². The van der Waals surface area contributed by atoms with E-state index in [-0.39, 0.29) is 17.7 Å². The number of ether oxygens (including phenoxy) is 1. The lowest BCUT2D eigenvalue weighted by Gasteiger charge is -2.11. The smallest absolute Gasteiger partial charge is 0.306 e. The minimum atomic E-state index is -4.01. The van der Waals surface area contributed by atoms with Gasteiger partial charge in [-0.15, -0.1) is 5.11 Å². The van der Waals surface area contributed by atoms with Gasteiger partial charge in [0, 0.05) is 19.5 Å². The molecule has 1 N–H and O–H groups in total. The normalized spacial score (nSPS) is 11.3. The molecule has 1 amide bonds. The molecule has 0 aliphatic heterocycles. The molecule has 0 fully saturated rings. The molecule has 0 aromatic heterocycles. The Labute approximate surface area is 147 Å². The average molecular weight is 370 g/mol. The molecule has 0 atom stereocenters. The molecule has 0 bridgehead atoms. The molecular weight excluding hydrogens is 348 g/mol. The van der Waals surface area contributed by atoms with Gasteiger partial charge in [-0.25, -0.2) is 13.1 Å². The van der Waals surface area contributed by atoms with Crippen LogP contribution in [0.4, 0.5) is 5.69 Å². The van der Waals surface area contributed by atoms with Gasteiger partial charge in [0.2, 0.25) is 5.91 Å². The summed E-state index contributed by atoms with van der Waals surface area (Å²) in [5.41, 5.74) is 0.489. The predicted octanol–water partition coefficient (Wildman–Crippen LogP) is 1.79. The summed E-state index contributed by atoms with van der Waals surface area (Å²) in [6.07, 6.45) is -0.468. The summed E-state index contributed by atoms with van der Waals surface area (Å²) in [5, 5.41) is 9.77. The van der Waals surface area contributed by atoms with Gasteiger partial charge >= 0.3 is 5.97 Å². The number of amides is 1. The van der Waals surface area contributed by atoms with Gasteiger partial charge in [-0.1, -0.05) is 5.22 Å². The lowest BCUT2D eigenvalue weighted by atomic mass is 10.3. The van der Waals surface area contributed by atoms with Crippen molar-refractivity contribution in [2.45, 2.75) is 31.6 Å². The number of nitrogens with zero attached hydrogens (tertiary/aromatic N) is 3. The number of rotatable bonds is 9. The quantitative estimate of drug-likeness (QED) is 0.402. The average Bonchev–Trinajstić information content (AvgIpc) is 2.60. The van der Waals surface area contributed by atoms with Crippen LogP contribution in [0.2, 0.25) is 0 Å². The van der Waals surface area contributed by atoms with Crippen molar-refractivity contribution >= 4 is 27.6 Å². The Kier molecular flexibility index (Phi) is 7.99. The molecule has 138 valence electrons. The number of methoxy groups -OCH3 is 1. The van der Waals surface area contributed by atoms with Gasteiger partial charge in [-0.05, 0) is 38.1 Å². The number of benzene rings is 1. The second-order valence-electron chi connectivity index (χ2n) is 4.93. The fourth-order valence-electron chi connectivity index (χ4n) is 1.73. The highest BCUT2D eigenvalue weighted by Gasteiger charge is 2.18. The van der Waals surface area contributed by atoms with Gasteiger partial charge < -0.3 is 4.74 Å². The Balaban J connectivity index is 2.73. The molecule has 0 aliphatic rings. The Morgan fingerprint density at radius 3 is 2.24 bits per heavy atom. The maximum atomic E-state index is 12.1. The Morgan fingerprint density at radius 2 is 1.72 bits per heavy atom. The van der Waals surface area contributed by atoms with Crippen LogP contribution in [-0.2, 0) is 24.3 Å². The summed E-state index contributed by atoms with van der Waals surface area (Å²) in [5.74, 6) is -1.37. The minimum Gasteiger partial charge on any atom is -0.469 e. The van der Waals surface area contributed by atoms with E-state index in [4.69, 9.17) is 0 Å². The predicted molar refractivity (Wildman–Crippen MR) is 90.5 cm³/mol. The molecule has 0 saturated heterocycles. The minimum absolute atomic E-state index is 0.0827. The molecule has 0 spiro atoms. The fraction of sp³-hybridized carbons (Fsp3) is 0.467. The van der Waals surface area contributed by atoms with Crippen LogP contribution in [0.3, 0.4) is 0 Å². The van der Waals surface area contributed by atoms with Crippen molar-refractivity contribution in [3.05, 3.63) is 24.3 Å². The van der Waals surface area contributed by atoms with Crippen LogP contribution in [0.25, 0.3) is 0 Å². The van der Waals surface area contributed by atoms with E-state index in [2.05, 4.69) is 15.1 Å². The van der Waals surface area contributed by atoms with Crippen LogP contribution in [-0.4, -0.2) is 45.5 Å². The number of esters is 1. The van der Waals surface area contributed by atoms with Crippen molar-refractivity contribution in [1.82, 2.24) is 9.73 Å². The number of hydrogen-bond acceptors (Lipinski definition) is 7. The summed E-state index contributed by atoms with van der Waals surface area (Å²) < 4.78 is 30.5. The van der Waals surface area contributed by atoms with Crippen molar-refractivity contribution in [2.24, 2.45) is 10.3 Å². The topological polar surface area (TPSA) is 117 Å². The molecule has 10 heteroatoms. The highest BCUT2D eigenvalue weighted by molar-refractivity contribution is 7.90. The van der Waals surface area contributed by atoms with Crippen molar-refractivity contribution in [1.29, 1.82) is 0 Å². The van der Waals surface area contributed by atoms with Crippen molar-refractivity contribution < 1.29 is 22.7 Å². The first-order valence-corrected chi connectivity index (χ1v) is 9.19. The Hall–Kier alpha value is -2.49. The van der Waals surface area contributed by atoms with E-state index in [1.165, 1.54) is 31.4 Å². The number of sulfonamides is 1. The number of carbonyl (C=O) groups excluding carboxylic acids is 2. The Morgan fingerprint density at radius 1 is 1.12 bits per heavy atom. The second kappa shape index (κ2) is 9.72. The van der Waals surface area contributed by atoms with Gasteiger partial charge in [0.05, 0.1) is 24.1 Å².